The van der Waals surface area contributed by atoms with Crippen molar-refractivity contribution < 1.29 is 23.1 Å². The molecule has 0 spiro atoms. The van der Waals surface area contributed by atoms with Gasteiger partial charge in [-0.3, -0.25) is 4.79 Å². The topological polar surface area (TPSA) is 119 Å². The van der Waals surface area contributed by atoms with Gasteiger partial charge in [-0.15, -0.1) is 11.3 Å². The van der Waals surface area contributed by atoms with E-state index in [1.54, 1.807) is 13.0 Å². The Hall–Kier alpha value is -3.52. The summed E-state index contributed by atoms with van der Waals surface area (Å²) in [5, 5.41) is 18.8. The van der Waals surface area contributed by atoms with E-state index in [-0.39, 0.29) is 27.6 Å². The van der Waals surface area contributed by atoms with Crippen LogP contribution >= 0.6 is 11.3 Å². The number of carboxylic acids is 1. The number of benzene rings is 2. The van der Waals surface area contributed by atoms with E-state index in [4.69, 9.17) is 5.26 Å². The maximum absolute atomic E-state index is 13.1. The highest BCUT2D eigenvalue weighted by molar-refractivity contribution is 7.89. The molecule has 1 aromatic heterocycles. The van der Waals surface area contributed by atoms with Crippen molar-refractivity contribution in [1.29, 1.82) is 5.26 Å². The van der Waals surface area contributed by atoms with Crippen LogP contribution in [0.3, 0.4) is 0 Å². The van der Waals surface area contributed by atoms with Crippen LogP contribution in [0, 0.1) is 11.3 Å². The molecule has 4 rings (SSSR count). The molecule has 10 heteroatoms. The fourth-order valence-corrected chi connectivity index (χ4v) is 6.31. The number of nitrogens with zero attached hydrogens (tertiary/aromatic N) is 3. The summed E-state index contributed by atoms with van der Waals surface area (Å²) in [6.07, 6.45) is 0. The first-order valence-electron chi connectivity index (χ1n) is 9.97. The van der Waals surface area contributed by atoms with Crippen LogP contribution in [-0.4, -0.2) is 48.8 Å². The lowest BCUT2D eigenvalue weighted by atomic mass is 10.1. The molecule has 1 saturated heterocycles. The van der Waals surface area contributed by atoms with Gasteiger partial charge in [0.25, 0.3) is 0 Å². The van der Waals surface area contributed by atoms with E-state index in [1.807, 2.05) is 36.4 Å². The summed E-state index contributed by atoms with van der Waals surface area (Å²) in [6.45, 7) is 1.23. The molecule has 33 heavy (non-hydrogen) atoms. The second-order valence-corrected chi connectivity index (χ2v) is 10.5. The average Bonchev–Trinajstić information content (AvgIpc) is 3.24. The summed E-state index contributed by atoms with van der Waals surface area (Å²) in [6, 6.07) is 17.8. The van der Waals surface area contributed by atoms with Gasteiger partial charge in [0.05, 0.1) is 28.8 Å². The maximum Gasteiger partial charge on any atom is 0.348 e. The minimum absolute atomic E-state index is 0.0135. The van der Waals surface area contributed by atoms with Crippen molar-refractivity contribution in [3.8, 4) is 16.5 Å². The van der Waals surface area contributed by atoms with E-state index in [9.17, 15) is 23.1 Å². The van der Waals surface area contributed by atoms with E-state index < -0.39 is 34.5 Å². The van der Waals surface area contributed by atoms with Crippen LogP contribution in [0.5, 0.6) is 0 Å². The zero-order valence-electron chi connectivity index (χ0n) is 17.5. The molecule has 3 aromatic rings. The van der Waals surface area contributed by atoms with Gasteiger partial charge in [0.15, 0.2) is 0 Å². The third-order valence-corrected chi connectivity index (χ3v) is 8.28. The number of carbonyl (C=O) groups excluding carboxylic acids is 1. The van der Waals surface area contributed by atoms with Gasteiger partial charge >= 0.3 is 5.97 Å². The second-order valence-electron chi connectivity index (χ2n) is 7.55. The smallest absolute Gasteiger partial charge is 0.348 e. The van der Waals surface area contributed by atoms with Gasteiger partial charge in [-0.2, -0.15) is 9.57 Å². The summed E-state index contributed by atoms with van der Waals surface area (Å²) in [7, 11) is -4.01. The lowest BCUT2D eigenvalue weighted by Gasteiger charge is -2.38. The highest BCUT2D eigenvalue weighted by Gasteiger charge is 2.39. The predicted octanol–water partition coefficient (Wildman–Crippen LogP) is 3.41. The van der Waals surface area contributed by atoms with Gasteiger partial charge in [0, 0.05) is 17.5 Å². The molecule has 1 N–H and O–H groups in total. The summed E-state index contributed by atoms with van der Waals surface area (Å²) in [5.74, 6) is -1.67. The van der Waals surface area contributed by atoms with E-state index in [0.29, 0.717) is 4.88 Å². The van der Waals surface area contributed by atoms with Crippen LogP contribution in [0.25, 0.3) is 10.4 Å². The van der Waals surface area contributed by atoms with E-state index >= 15 is 0 Å². The fraction of sp³-hybridized carbons (Fsp3) is 0.174. The lowest BCUT2D eigenvalue weighted by molar-refractivity contribution is -0.120. The van der Waals surface area contributed by atoms with Gasteiger partial charge in [0.2, 0.25) is 15.9 Å². The molecule has 0 bridgehead atoms. The van der Waals surface area contributed by atoms with Crippen molar-refractivity contribution in [2.45, 2.75) is 17.9 Å². The van der Waals surface area contributed by atoms with Crippen molar-refractivity contribution in [2.75, 3.05) is 18.0 Å². The van der Waals surface area contributed by atoms with Crippen molar-refractivity contribution >= 4 is 38.9 Å². The van der Waals surface area contributed by atoms with E-state index in [0.717, 1.165) is 21.2 Å². The molecule has 168 valence electrons. The predicted molar refractivity (Wildman–Crippen MR) is 124 cm³/mol. The number of rotatable bonds is 5. The van der Waals surface area contributed by atoms with Crippen LogP contribution in [0.4, 0.5) is 5.69 Å². The molecular weight excluding hydrogens is 462 g/mol. The number of thiophene rings is 1. The number of anilines is 1. The van der Waals surface area contributed by atoms with Crippen molar-refractivity contribution in [2.24, 2.45) is 0 Å². The normalized spacial score (nSPS) is 17.0. The quantitative estimate of drug-likeness (QED) is 0.597. The molecule has 0 aliphatic carbocycles. The molecule has 1 fully saturated rings. The number of sulfonamides is 1. The third-order valence-electron chi connectivity index (χ3n) is 5.31. The zero-order chi connectivity index (χ0) is 23.8. The Balaban J connectivity index is 1.67. The molecule has 2 heterocycles. The lowest BCUT2D eigenvalue weighted by Crippen LogP contribution is -2.57. The van der Waals surface area contributed by atoms with Gasteiger partial charge in [-0.25, -0.2) is 13.2 Å². The minimum atomic E-state index is -4.01. The van der Waals surface area contributed by atoms with E-state index in [2.05, 4.69) is 0 Å². The molecule has 8 nitrogen and oxygen atoms in total. The molecule has 1 atom stereocenters. The molecule has 0 radical (unpaired) electrons. The fourth-order valence-electron chi connectivity index (χ4n) is 3.80. The highest BCUT2D eigenvalue weighted by atomic mass is 32.2. The third kappa shape index (κ3) is 4.26. The molecule has 1 aliphatic rings. The molecule has 1 amide bonds. The molecule has 2 aromatic carbocycles. The van der Waals surface area contributed by atoms with Crippen LogP contribution in [0.15, 0.2) is 65.6 Å². The number of carboxylic acid groups (broad SMARTS) is 1. The molecule has 0 saturated carbocycles. The SMILES string of the molecule is CC1CN(S(=O)(=O)c2cccc(C#N)c2)CC(=O)N1c1cc(-c2ccccc2)sc1C(=O)O. The number of aromatic carboxylic acids is 1. The van der Waals surface area contributed by atoms with Crippen LogP contribution in [-0.2, 0) is 14.8 Å². The van der Waals surface area contributed by atoms with E-state index in [1.165, 1.54) is 29.2 Å². The second kappa shape index (κ2) is 8.78. The summed E-state index contributed by atoms with van der Waals surface area (Å²) >= 11 is 1.07. The molecular formula is C23H19N3O5S2. The monoisotopic (exact) mass is 481 g/mol. The standard InChI is InChI=1S/C23H19N3O5S2/c1-15-13-25(33(30,31)18-9-5-6-16(10-18)12-24)14-21(27)26(15)19-11-20(32-22(19)23(28)29)17-7-3-2-4-8-17/h2-11,15H,13-14H2,1H3,(H,28,29). The van der Waals surface area contributed by atoms with Crippen LogP contribution in [0.2, 0.25) is 0 Å². The first-order valence-corrected chi connectivity index (χ1v) is 12.2. The van der Waals surface area contributed by atoms with Gasteiger partial charge in [-0.1, -0.05) is 36.4 Å². The van der Waals surface area contributed by atoms with Crippen molar-refractivity contribution in [3.05, 3.63) is 71.1 Å². The number of hydrogen-bond acceptors (Lipinski definition) is 6. The number of piperazine rings is 1. The Morgan fingerprint density at radius 2 is 1.88 bits per heavy atom. The first-order chi connectivity index (χ1) is 15.7. The van der Waals surface area contributed by atoms with Gasteiger partial charge in [0.1, 0.15) is 4.88 Å². The number of carbonyl (C=O) groups is 2. The zero-order valence-corrected chi connectivity index (χ0v) is 19.1. The summed E-state index contributed by atoms with van der Waals surface area (Å²) in [5.41, 5.74) is 1.29. The Bertz CT molecular complexity index is 1380. The molecule has 1 unspecified atom stereocenters. The first kappa shape index (κ1) is 22.7. The number of nitriles is 1. The minimum Gasteiger partial charge on any atom is -0.477 e. The van der Waals surface area contributed by atoms with Gasteiger partial charge < -0.3 is 10.0 Å². The average molecular weight is 482 g/mol. The van der Waals surface area contributed by atoms with Crippen molar-refractivity contribution in [1.82, 2.24) is 4.31 Å². The van der Waals surface area contributed by atoms with Crippen LogP contribution in [0.1, 0.15) is 22.2 Å². The number of amides is 1. The van der Waals surface area contributed by atoms with Crippen molar-refractivity contribution in [3.63, 3.8) is 0 Å². The Kier molecular flexibility index (Phi) is 6.03. The Morgan fingerprint density at radius 1 is 1.15 bits per heavy atom. The summed E-state index contributed by atoms with van der Waals surface area (Å²) < 4.78 is 27.3. The van der Waals surface area contributed by atoms with Gasteiger partial charge in [-0.05, 0) is 36.8 Å². The van der Waals surface area contributed by atoms with Crippen LogP contribution < -0.4 is 4.90 Å². The Labute approximate surface area is 195 Å². The number of hydrogen-bond donors (Lipinski definition) is 1. The Morgan fingerprint density at radius 3 is 2.52 bits per heavy atom. The molecule has 1 aliphatic heterocycles. The maximum atomic E-state index is 13.1. The highest BCUT2D eigenvalue weighted by Crippen LogP contribution is 2.39. The largest absolute Gasteiger partial charge is 0.477 e. The summed E-state index contributed by atoms with van der Waals surface area (Å²) in [4.78, 5) is 27.1.